The van der Waals surface area contributed by atoms with E-state index in [-0.39, 0.29) is 0 Å². The first-order chi connectivity index (χ1) is 16.9. The summed E-state index contributed by atoms with van der Waals surface area (Å²) in [5, 5.41) is 0. The van der Waals surface area contributed by atoms with E-state index in [1.807, 2.05) is 0 Å². The number of thioether (sulfide) groups is 1. The van der Waals surface area contributed by atoms with Crippen LogP contribution in [-0.2, 0) is 0 Å². The van der Waals surface area contributed by atoms with Gasteiger partial charge >= 0.3 is 0 Å². The molecule has 1 heteroatoms. The van der Waals surface area contributed by atoms with Crippen molar-refractivity contribution in [2.75, 3.05) is 5.75 Å². The third-order valence-electron chi connectivity index (χ3n) is 7.41. The first-order valence-electron chi connectivity index (χ1n) is 16.3. The predicted octanol–water partition coefficient (Wildman–Crippen LogP) is 13.2. The van der Waals surface area contributed by atoms with Gasteiger partial charge in [-0.2, -0.15) is 11.8 Å². The monoisotopic (exact) mass is 495 g/mol. The lowest BCUT2D eigenvalue weighted by Crippen LogP contribution is -1.85. The molecule has 0 aromatic rings. The Morgan fingerprint density at radius 1 is 0.324 bits per heavy atom. The van der Waals surface area contributed by atoms with E-state index in [4.69, 9.17) is 0 Å². The van der Waals surface area contributed by atoms with Gasteiger partial charge in [-0.3, -0.25) is 0 Å². The Morgan fingerprint density at radius 3 is 0.912 bits per heavy atom. The summed E-state index contributed by atoms with van der Waals surface area (Å²) in [7, 11) is 0. The average Bonchev–Trinajstić information content (AvgIpc) is 2.85. The summed E-state index contributed by atoms with van der Waals surface area (Å²) in [6.07, 6.45) is 42.3. The van der Waals surface area contributed by atoms with Crippen molar-refractivity contribution < 1.29 is 0 Å². The van der Waals surface area contributed by atoms with Gasteiger partial charge in [0.1, 0.15) is 0 Å². The second-order valence-electron chi connectivity index (χ2n) is 11.0. The minimum Gasteiger partial charge on any atom is -0.157 e. The molecule has 0 atom stereocenters. The van der Waals surface area contributed by atoms with Crippen molar-refractivity contribution in [2.45, 2.75) is 200 Å². The molecule has 0 saturated heterocycles. The molecular formula is C33H67S. The van der Waals surface area contributed by atoms with Gasteiger partial charge in [0, 0.05) is 5.75 Å². The van der Waals surface area contributed by atoms with Crippen LogP contribution in [-0.4, -0.2) is 5.75 Å². The van der Waals surface area contributed by atoms with Crippen LogP contribution in [0.2, 0.25) is 0 Å². The summed E-state index contributed by atoms with van der Waals surface area (Å²) in [5.74, 6) is 3.85. The second kappa shape index (κ2) is 33.4. The van der Waals surface area contributed by atoms with Crippen molar-refractivity contribution in [1.29, 1.82) is 0 Å². The Kier molecular flexibility index (Phi) is 33.7. The molecule has 0 aromatic carbocycles. The molecule has 0 unspecified atom stereocenters. The molecule has 0 fully saturated rings. The van der Waals surface area contributed by atoms with Crippen LogP contribution >= 0.6 is 11.8 Å². The van der Waals surface area contributed by atoms with Gasteiger partial charge in [0.15, 0.2) is 0 Å². The maximum Gasteiger partial charge on any atom is 0.0166 e. The van der Waals surface area contributed by atoms with E-state index in [0.29, 0.717) is 0 Å². The van der Waals surface area contributed by atoms with Crippen molar-refractivity contribution in [3.05, 3.63) is 5.75 Å². The first kappa shape index (κ1) is 34.4. The molecule has 0 nitrogen and oxygen atoms in total. The molecule has 0 heterocycles. The summed E-state index contributed by atoms with van der Waals surface area (Å²) >= 11 is 2.09. The highest BCUT2D eigenvalue weighted by molar-refractivity contribution is 8.01. The zero-order valence-corrected chi connectivity index (χ0v) is 25.0. The van der Waals surface area contributed by atoms with E-state index >= 15 is 0 Å². The third kappa shape index (κ3) is 32.4. The van der Waals surface area contributed by atoms with Gasteiger partial charge < -0.3 is 0 Å². The Hall–Kier alpha value is 0.350. The van der Waals surface area contributed by atoms with E-state index < -0.39 is 0 Å². The summed E-state index contributed by atoms with van der Waals surface area (Å²) in [6, 6.07) is 0. The van der Waals surface area contributed by atoms with Crippen LogP contribution in [0.4, 0.5) is 0 Å². The first-order valence-corrected chi connectivity index (χ1v) is 17.4. The zero-order valence-electron chi connectivity index (χ0n) is 24.2. The van der Waals surface area contributed by atoms with Gasteiger partial charge in [0.2, 0.25) is 0 Å². The van der Waals surface area contributed by atoms with Crippen molar-refractivity contribution in [2.24, 2.45) is 0 Å². The predicted molar refractivity (Wildman–Crippen MR) is 162 cm³/mol. The third-order valence-corrected chi connectivity index (χ3v) is 8.40. The van der Waals surface area contributed by atoms with E-state index in [1.165, 1.54) is 192 Å². The maximum absolute atomic E-state index is 2.50. The standard InChI is InChI=1S/C33H67S/c1-3-5-7-9-11-13-14-15-16-17-18-19-20-21-22-23-25-27-29-31-33-34-32-30-28-26-24-12-10-8-6-4-2/h33H,3-32H2,1-2H3. The lowest BCUT2D eigenvalue weighted by Gasteiger charge is -2.04. The number of hydrogen-bond donors (Lipinski definition) is 0. The molecular weight excluding hydrogens is 428 g/mol. The van der Waals surface area contributed by atoms with Crippen LogP contribution in [0.5, 0.6) is 0 Å². The Labute approximate surface area is 223 Å². The van der Waals surface area contributed by atoms with E-state index in [0.717, 1.165) is 0 Å². The number of rotatable bonds is 31. The van der Waals surface area contributed by atoms with Crippen molar-refractivity contribution in [3.63, 3.8) is 0 Å². The highest BCUT2D eigenvalue weighted by Crippen LogP contribution is 2.18. The molecule has 0 aliphatic heterocycles. The highest BCUT2D eigenvalue weighted by atomic mass is 32.2. The van der Waals surface area contributed by atoms with Gasteiger partial charge in [-0.1, -0.05) is 187 Å². The normalized spacial score (nSPS) is 11.5. The Morgan fingerprint density at radius 2 is 0.588 bits per heavy atom. The van der Waals surface area contributed by atoms with Gasteiger partial charge in [-0.05, 0) is 18.6 Å². The van der Waals surface area contributed by atoms with Crippen LogP contribution in [0.25, 0.3) is 0 Å². The van der Waals surface area contributed by atoms with Crippen molar-refractivity contribution in [3.8, 4) is 0 Å². The number of unbranched alkanes of at least 4 members (excludes halogenated alkanes) is 27. The fraction of sp³-hybridized carbons (Fsp3) is 0.970. The van der Waals surface area contributed by atoms with Gasteiger partial charge in [0.05, 0.1) is 0 Å². The van der Waals surface area contributed by atoms with Gasteiger partial charge in [0.25, 0.3) is 0 Å². The van der Waals surface area contributed by atoms with Crippen LogP contribution in [0.3, 0.4) is 0 Å². The van der Waals surface area contributed by atoms with Crippen LogP contribution in [0.1, 0.15) is 200 Å². The second-order valence-corrected chi connectivity index (χ2v) is 12.1. The molecule has 0 aromatic heterocycles. The minimum atomic E-state index is 1.33. The molecule has 0 spiro atoms. The SMILES string of the molecule is CCCCCCCCCCCCCCCCCCCCC[CH]SCCCCCCCCCCC. The summed E-state index contributed by atoms with van der Waals surface area (Å²) in [4.78, 5) is 0. The van der Waals surface area contributed by atoms with Gasteiger partial charge in [-0.15, -0.1) is 0 Å². The summed E-state index contributed by atoms with van der Waals surface area (Å²) < 4.78 is 0. The molecule has 0 rings (SSSR count). The molecule has 0 aliphatic rings. The zero-order chi connectivity index (χ0) is 24.6. The van der Waals surface area contributed by atoms with E-state index in [2.05, 4.69) is 31.4 Å². The largest absolute Gasteiger partial charge is 0.157 e. The minimum absolute atomic E-state index is 1.33. The highest BCUT2D eigenvalue weighted by Gasteiger charge is 1.97. The number of hydrogen-bond acceptors (Lipinski definition) is 1. The molecule has 34 heavy (non-hydrogen) atoms. The fourth-order valence-corrected chi connectivity index (χ4v) is 5.84. The van der Waals surface area contributed by atoms with Gasteiger partial charge in [-0.25, -0.2) is 0 Å². The van der Waals surface area contributed by atoms with Crippen LogP contribution < -0.4 is 0 Å². The fourth-order valence-electron chi connectivity index (χ4n) is 4.97. The van der Waals surface area contributed by atoms with E-state index in [1.54, 1.807) is 0 Å². The smallest absolute Gasteiger partial charge is 0.0166 e. The molecule has 0 amide bonds. The summed E-state index contributed by atoms with van der Waals surface area (Å²) in [5.41, 5.74) is 0. The summed E-state index contributed by atoms with van der Waals surface area (Å²) in [6.45, 7) is 4.61. The van der Waals surface area contributed by atoms with Crippen LogP contribution in [0.15, 0.2) is 0 Å². The molecule has 0 bridgehead atoms. The van der Waals surface area contributed by atoms with Crippen molar-refractivity contribution >= 4 is 11.8 Å². The lowest BCUT2D eigenvalue weighted by atomic mass is 10.0. The molecule has 1 radical (unpaired) electrons. The Bertz CT molecular complexity index is 295. The van der Waals surface area contributed by atoms with Crippen molar-refractivity contribution in [1.82, 2.24) is 0 Å². The Balaban J connectivity index is 2.99. The lowest BCUT2D eigenvalue weighted by molar-refractivity contribution is 0.523. The van der Waals surface area contributed by atoms with E-state index in [9.17, 15) is 0 Å². The van der Waals surface area contributed by atoms with Crippen LogP contribution in [0, 0.1) is 5.75 Å². The molecule has 205 valence electrons. The maximum atomic E-state index is 2.50. The molecule has 0 saturated carbocycles. The quantitative estimate of drug-likeness (QED) is 0.0861. The topological polar surface area (TPSA) is 0 Å². The molecule has 0 N–H and O–H groups in total. The average molecular weight is 496 g/mol. The molecule has 0 aliphatic carbocycles.